The van der Waals surface area contributed by atoms with Gasteiger partial charge in [0.2, 0.25) is 0 Å². The van der Waals surface area contributed by atoms with Gasteiger partial charge in [0.05, 0.1) is 12.1 Å². The average molecular weight is 265 g/mol. The number of rotatable bonds is 2. The van der Waals surface area contributed by atoms with Crippen molar-refractivity contribution in [2.24, 2.45) is 0 Å². The molecular formula is C12H15N3O4. The SMILES string of the molecule is O=C(NC1CN(C(=O)O)CCC1O)c1ccncc1. The lowest BCUT2D eigenvalue weighted by Gasteiger charge is -2.34. The van der Waals surface area contributed by atoms with Crippen LogP contribution in [-0.2, 0) is 0 Å². The smallest absolute Gasteiger partial charge is 0.407 e. The van der Waals surface area contributed by atoms with Crippen LogP contribution in [0.2, 0.25) is 0 Å². The molecule has 1 aromatic heterocycles. The molecule has 1 saturated heterocycles. The minimum Gasteiger partial charge on any atom is -0.465 e. The maximum Gasteiger partial charge on any atom is 0.407 e. The number of carbonyl (C=O) groups is 2. The molecule has 1 aliphatic rings. The molecule has 0 saturated carbocycles. The van der Waals surface area contributed by atoms with Gasteiger partial charge in [0.15, 0.2) is 0 Å². The third kappa shape index (κ3) is 3.19. The molecule has 0 spiro atoms. The maximum absolute atomic E-state index is 11.9. The zero-order chi connectivity index (χ0) is 13.8. The predicted molar refractivity (Wildman–Crippen MR) is 65.7 cm³/mol. The van der Waals surface area contributed by atoms with Gasteiger partial charge in [-0.3, -0.25) is 9.78 Å². The molecule has 7 heteroatoms. The van der Waals surface area contributed by atoms with Crippen LogP contribution in [0.15, 0.2) is 24.5 Å². The van der Waals surface area contributed by atoms with E-state index >= 15 is 0 Å². The number of aromatic nitrogens is 1. The Morgan fingerprint density at radius 1 is 1.37 bits per heavy atom. The summed E-state index contributed by atoms with van der Waals surface area (Å²) in [4.78, 5) is 27.8. The van der Waals surface area contributed by atoms with Crippen LogP contribution in [0.5, 0.6) is 0 Å². The zero-order valence-corrected chi connectivity index (χ0v) is 10.2. The summed E-state index contributed by atoms with van der Waals surface area (Å²) in [5.74, 6) is -0.348. The van der Waals surface area contributed by atoms with Gasteiger partial charge in [-0.05, 0) is 18.6 Å². The van der Waals surface area contributed by atoms with Crippen LogP contribution in [0.4, 0.5) is 4.79 Å². The van der Waals surface area contributed by atoms with Crippen molar-refractivity contribution in [1.29, 1.82) is 0 Å². The lowest BCUT2D eigenvalue weighted by molar-refractivity contribution is 0.0439. The van der Waals surface area contributed by atoms with Crippen molar-refractivity contribution >= 4 is 12.0 Å². The summed E-state index contributed by atoms with van der Waals surface area (Å²) in [6.07, 6.45) is 1.52. The number of piperidine rings is 1. The highest BCUT2D eigenvalue weighted by Crippen LogP contribution is 2.12. The summed E-state index contributed by atoms with van der Waals surface area (Å²) >= 11 is 0. The van der Waals surface area contributed by atoms with Crippen LogP contribution in [0.1, 0.15) is 16.8 Å². The first-order valence-electron chi connectivity index (χ1n) is 5.95. The van der Waals surface area contributed by atoms with Crippen molar-refractivity contribution in [3.05, 3.63) is 30.1 Å². The van der Waals surface area contributed by atoms with Gasteiger partial charge in [0, 0.05) is 31.0 Å². The molecule has 2 unspecified atom stereocenters. The molecule has 0 aliphatic carbocycles. The van der Waals surface area contributed by atoms with Crippen LogP contribution in [-0.4, -0.2) is 57.3 Å². The number of pyridine rings is 1. The highest BCUT2D eigenvalue weighted by molar-refractivity contribution is 5.94. The number of aliphatic hydroxyl groups excluding tert-OH is 1. The second-order valence-corrected chi connectivity index (χ2v) is 4.40. The third-order valence-electron chi connectivity index (χ3n) is 3.11. The van der Waals surface area contributed by atoms with E-state index < -0.39 is 18.2 Å². The molecule has 0 radical (unpaired) electrons. The Bertz CT molecular complexity index is 465. The molecule has 2 heterocycles. The van der Waals surface area contributed by atoms with Crippen LogP contribution >= 0.6 is 0 Å². The van der Waals surface area contributed by atoms with Crippen LogP contribution < -0.4 is 5.32 Å². The summed E-state index contributed by atoms with van der Waals surface area (Å²) in [5.41, 5.74) is 0.426. The topological polar surface area (TPSA) is 103 Å². The molecule has 19 heavy (non-hydrogen) atoms. The number of carboxylic acid groups (broad SMARTS) is 1. The van der Waals surface area contributed by atoms with E-state index in [4.69, 9.17) is 5.11 Å². The quantitative estimate of drug-likeness (QED) is 0.694. The highest BCUT2D eigenvalue weighted by Gasteiger charge is 2.31. The number of hydrogen-bond donors (Lipinski definition) is 3. The van der Waals surface area contributed by atoms with E-state index in [0.29, 0.717) is 12.0 Å². The number of nitrogens with zero attached hydrogens (tertiary/aromatic N) is 2. The van der Waals surface area contributed by atoms with Gasteiger partial charge in [0.1, 0.15) is 0 Å². The monoisotopic (exact) mass is 265 g/mol. The number of carbonyl (C=O) groups excluding carboxylic acids is 1. The van der Waals surface area contributed by atoms with Gasteiger partial charge in [-0.2, -0.15) is 0 Å². The third-order valence-corrected chi connectivity index (χ3v) is 3.11. The van der Waals surface area contributed by atoms with E-state index in [1.54, 1.807) is 12.1 Å². The number of amides is 2. The van der Waals surface area contributed by atoms with Gasteiger partial charge in [-0.25, -0.2) is 4.79 Å². The summed E-state index contributed by atoms with van der Waals surface area (Å²) in [6, 6.07) is 2.52. The minimum atomic E-state index is -1.05. The van der Waals surface area contributed by atoms with E-state index in [0.717, 1.165) is 0 Å². The molecule has 3 N–H and O–H groups in total. The standard InChI is InChI=1S/C12H15N3O4/c16-10-3-6-15(12(18)19)7-9(10)14-11(17)8-1-4-13-5-2-8/h1-2,4-5,9-10,16H,3,6-7H2,(H,14,17)(H,18,19). The molecule has 2 rings (SSSR count). The van der Waals surface area contributed by atoms with Crippen molar-refractivity contribution in [3.63, 3.8) is 0 Å². The molecule has 102 valence electrons. The van der Waals surface area contributed by atoms with Crippen molar-refractivity contribution in [2.45, 2.75) is 18.6 Å². The Labute approximate surface area is 109 Å². The normalized spacial score (nSPS) is 22.9. The number of hydrogen-bond acceptors (Lipinski definition) is 4. The first-order valence-corrected chi connectivity index (χ1v) is 5.95. The second-order valence-electron chi connectivity index (χ2n) is 4.40. The molecule has 0 aromatic carbocycles. The first kappa shape index (κ1) is 13.3. The number of aliphatic hydroxyl groups is 1. The van der Waals surface area contributed by atoms with E-state index in [9.17, 15) is 14.7 Å². The Morgan fingerprint density at radius 3 is 2.68 bits per heavy atom. The largest absolute Gasteiger partial charge is 0.465 e. The van der Waals surface area contributed by atoms with E-state index in [1.807, 2.05) is 0 Å². The Morgan fingerprint density at radius 2 is 2.05 bits per heavy atom. The fraction of sp³-hybridized carbons (Fsp3) is 0.417. The fourth-order valence-electron chi connectivity index (χ4n) is 2.01. The van der Waals surface area contributed by atoms with Gasteiger partial charge in [-0.15, -0.1) is 0 Å². The lowest BCUT2D eigenvalue weighted by Crippen LogP contribution is -2.56. The lowest BCUT2D eigenvalue weighted by atomic mass is 10.0. The number of nitrogens with one attached hydrogen (secondary N) is 1. The number of likely N-dealkylation sites (tertiary alicyclic amines) is 1. The Kier molecular flexibility index (Phi) is 3.96. The molecule has 1 fully saturated rings. The fourth-order valence-corrected chi connectivity index (χ4v) is 2.01. The predicted octanol–water partition coefficient (Wildman–Crippen LogP) is -0.0754. The molecule has 1 aromatic rings. The van der Waals surface area contributed by atoms with E-state index in [2.05, 4.69) is 10.3 Å². The van der Waals surface area contributed by atoms with Crippen molar-refractivity contribution < 1.29 is 19.8 Å². The van der Waals surface area contributed by atoms with Crippen LogP contribution in [0, 0.1) is 0 Å². The second kappa shape index (κ2) is 5.66. The molecule has 1 aliphatic heterocycles. The summed E-state index contributed by atoms with van der Waals surface area (Å²) < 4.78 is 0. The Hall–Kier alpha value is -2.15. The van der Waals surface area contributed by atoms with Crippen molar-refractivity contribution in [1.82, 2.24) is 15.2 Å². The maximum atomic E-state index is 11.9. The van der Waals surface area contributed by atoms with Gasteiger partial charge in [0.25, 0.3) is 5.91 Å². The molecule has 2 atom stereocenters. The minimum absolute atomic E-state index is 0.0906. The van der Waals surface area contributed by atoms with E-state index in [1.165, 1.54) is 17.3 Å². The molecule has 7 nitrogen and oxygen atoms in total. The van der Waals surface area contributed by atoms with Gasteiger partial charge in [-0.1, -0.05) is 0 Å². The average Bonchev–Trinajstić information content (AvgIpc) is 2.42. The summed E-state index contributed by atoms with van der Waals surface area (Å²) in [6.45, 7) is 0.367. The van der Waals surface area contributed by atoms with E-state index in [-0.39, 0.29) is 19.0 Å². The van der Waals surface area contributed by atoms with Gasteiger partial charge < -0.3 is 20.4 Å². The van der Waals surface area contributed by atoms with Gasteiger partial charge >= 0.3 is 6.09 Å². The first-order chi connectivity index (χ1) is 9.08. The van der Waals surface area contributed by atoms with Crippen LogP contribution in [0.3, 0.4) is 0 Å². The van der Waals surface area contributed by atoms with Crippen LogP contribution in [0.25, 0.3) is 0 Å². The van der Waals surface area contributed by atoms with Crippen molar-refractivity contribution in [3.8, 4) is 0 Å². The summed E-state index contributed by atoms with van der Waals surface area (Å²) in [7, 11) is 0. The zero-order valence-electron chi connectivity index (χ0n) is 10.2. The highest BCUT2D eigenvalue weighted by atomic mass is 16.4. The molecule has 2 amide bonds. The summed E-state index contributed by atoms with van der Waals surface area (Å²) in [5, 5.41) is 21.4. The Balaban J connectivity index is 2.01. The molecule has 0 bridgehead atoms. The molecular weight excluding hydrogens is 250 g/mol. The van der Waals surface area contributed by atoms with Crippen molar-refractivity contribution in [2.75, 3.05) is 13.1 Å².